The van der Waals surface area contributed by atoms with Crippen LogP contribution >= 0.6 is 0 Å². The first-order valence-corrected chi connectivity index (χ1v) is 4.07. The molecule has 1 aliphatic rings. The van der Waals surface area contributed by atoms with E-state index in [1.54, 1.807) is 0 Å². The first-order valence-electron chi connectivity index (χ1n) is 4.07. The lowest BCUT2D eigenvalue weighted by Gasteiger charge is -2.29. The van der Waals surface area contributed by atoms with Crippen molar-refractivity contribution in [3.05, 3.63) is 0 Å². The molecule has 0 saturated carbocycles. The number of hydrogen-bond acceptors (Lipinski definition) is 2. The molecule has 10 heavy (non-hydrogen) atoms. The highest BCUT2D eigenvalue weighted by atomic mass is 16.7. The Kier molecular flexibility index (Phi) is 3.16. The van der Waals surface area contributed by atoms with E-state index in [1.165, 1.54) is 6.42 Å². The summed E-state index contributed by atoms with van der Waals surface area (Å²) in [6, 6.07) is 0. The van der Waals surface area contributed by atoms with Gasteiger partial charge >= 0.3 is 0 Å². The maximum atomic E-state index is 5.41. The second-order valence-corrected chi connectivity index (χ2v) is 2.77. The average Bonchev–Trinajstić information content (AvgIpc) is 2.04. The molecule has 0 aromatic rings. The van der Waals surface area contributed by atoms with Crippen LogP contribution in [-0.4, -0.2) is 19.5 Å². The van der Waals surface area contributed by atoms with Gasteiger partial charge in [-0.15, -0.1) is 0 Å². The van der Waals surface area contributed by atoms with Crippen LogP contribution in [0.3, 0.4) is 0 Å². The highest BCUT2D eigenvalue weighted by Crippen LogP contribution is 2.19. The van der Waals surface area contributed by atoms with Crippen LogP contribution in [0.5, 0.6) is 0 Å². The highest BCUT2D eigenvalue weighted by Gasteiger charge is 2.22. The molecule has 0 spiro atoms. The van der Waals surface area contributed by atoms with E-state index in [0.29, 0.717) is 18.8 Å². The van der Waals surface area contributed by atoms with Crippen molar-refractivity contribution in [2.24, 2.45) is 5.92 Å². The van der Waals surface area contributed by atoms with Crippen LogP contribution in [-0.2, 0) is 9.47 Å². The first kappa shape index (κ1) is 8.02. The van der Waals surface area contributed by atoms with E-state index < -0.39 is 0 Å². The van der Waals surface area contributed by atoms with Crippen LogP contribution in [0.2, 0.25) is 0 Å². The fraction of sp³-hybridized carbons (Fsp3) is 1.00. The van der Waals surface area contributed by atoms with E-state index in [-0.39, 0.29) is 0 Å². The maximum absolute atomic E-state index is 5.41. The minimum Gasteiger partial charge on any atom is -0.355 e. The highest BCUT2D eigenvalue weighted by molar-refractivity contribution is 4.69. The van der Waals surface area contributed by atoms with Crippen molar-refractivity contribution in [3.63, 3.8) is 0 Å². The monoisotopic (exact) mass is 144 g/mol. The molecule has 1 saturated heterocycles. The van der Waals surface area contributed by atoms with Gasteiger partial charge < -0.3 is 9.47 Å². The van der Waals surface area contributed by atoms with Crippen LogP contribution in [0.25, 0.3) is 0 Å². The molecule has 0 aliphatic carbocycles. The smallest absolute Gasteiger partial charge is 0.147 e. The Balaban J connectivity index is 2.34. The van der Waals surface area contributed by atoms with Crippen LogP contribution in [0.1, 0.15) is 26.7 Å². The van der Waals surface area contributed by atoms with Gasteiger partial charge in [0.1, 0.15) is 6.79 Å². The molecule has 0 bridgehead atoms. The summed E-state index contributed by atoms with van der Waals surface area (Å²) in [5.41, 5.74) is 0. The molecule has 1 heterocycles. The summed E-state index contributed by atoms with van der Waals surface area (Å²) in [7, 11) is 0. The van der Waals surface area contributed by atoms with Crippen molar-refractivity contribution in [3.8, 4) is 0 Å². The van der Waals surface area contributed by atoms with E-state index in [2.05, 4.69) is 13.8 Å². The summed E-state index contributed by atoms with van der Waals surface area (Å²) >= 11 is 0. The van der Waals surface area contributed by atoms with Crippen molar-refractivity contribution in [1.29, 1.82) is 0 Å². The summed E-state index contributed by atoms with van der Waals surface area (Å²) in [6.45, 7) is 5.73. The molecule has 1 aliphatic heterocycles. The van der Waals surface area contributed by atoms with Crippen molar-refractivity contribution in [1.82, 2.24) is 0 Å². The Bertz CT molecular complexity index is 81.3. The van der Waals surface area contributed by atoms with Crippen molar-refractivity contribution in [2.45, 2.75) is 32.8 Å². The van der Waals surface area contributed by atoms with Crippen molar-refractivity contribution < 1.29 is 9.47 Å². The zero-order valence-electron chi connectivity index (χ0n) is 6.80. The zero-order chi connectivity index (χ0) is 7.40. The van der Waals surface area contributed by atoms with Gasteiger partial charge in [-0.1, -0.05) is 13.8 Å². The molecule has 60 valence electrons. The van der Waals surface area contributed by atoms with Gasteiger partial charge in [-0.05, 0) is 12.8 Å². The number of hydrogen-bond donors (Lipinski definition) is 0. The topological polar surface area (TPSA) is 18.5 Å². The van der Waals surface area contributed by atoms with E-state index in [0.717, 1.165) is 13.0 Å². The largest absolute Gasteiger partial charge is 0.355 e. The van der Waals surface area contributed by atoms with Crippen LogP contribution in [0, 0.1) is 5.92 Å². The fourth-order valence-corrected chi connectivity index (χ4v) is 1.41. The third kappa shape index (κ3) is 1.70. The summed E-state index contributed by atoms with van der Waals surface area (Å²) in [6.07, 6.45) is 2.72. The Morgan fingerprint density at radius 3 is 2.60 bits per heavy atom. The van der Waals surface area contributed by atoms with Gasteiger partial charge in [-0.2, -0.15) is 0 Å². The van der Waals surface area contributed by atoms with Crippen LogP contribution in [0.15, 0.2) is 0 Å². The molecule has 0 aromatic heterocycles. The molecule has 2 nitrogen and oxygen atoms in total. The van der Waals surface area contributed by atoms with Crippen molar-refractivity contribution in [2.75, 3.05) is 13.4 Å². The Morgan fingerprint density at radius 2 is 2.10 bits per heavy atom. The lowest BCUT2D eigenvalue weighted by atomic mass is 9.98. The lowest BCUT2D eigenvalue weighted by molar-refractivity contribution is -0.170. The SMILES string of the molecule is CCC1COCOC1CC. The summed E-state index contributed by atoms with van der Waals surface area (Å²) in [5.74, 6) is 0.624. The van der Waals surface area contributed by atoms with Crippen LogP contribution in [0.4, 0.5) is 0 Å². The molecule has 2 heteroatoms. The maximum Gasteiger partial charge on any atom is 0.147 e. The lowest BCUT2D eigenvalue weighted by Crippen LogP contribution is -2.33. The predicted molar refractivity (Wildman–Crippen MR) is 39.8 cm³/mol. The molecule has 1 fully saturated rings. The molecule has 2 unspecified atom stereocenters. The second kappa shape index (κ2) is 3.94. The van der Waals surface area contributed by atoms with E-state index in [1.807, 2.05) is 0 Å². The van der Waals surface area contributed by atoms with Gasteiger partial charge in [-0.3, -0.25) is 0 Å². The molecule has 0 N–H and O–H groups in total. The molecule has 1 rings (SSSR count). The molecule has 0 amide bonds. The third-order valence-corrected chi connectivity index (χ3v) is 2.15. The standard InChI is InChI=1S/C8H16O2/c1-3-7-5-9-6-10-8(7)4-2/h7-8H,3-6H2,1-2H3. The Labute approximate surface area is 62.5 Å². The van der Waals surface area contributed by atoms with Gasteiger partial charge in [0.25, 0.3) is 0 Å². The van der Waals surface area contributed by atoms with Gasteiger partial charge in [0.2, 0.25) is 0 Å². The van der Waals surface area contributed by atoms with Gasteiger partial charge in [0, 0.05) is 5.92 Å². The van der Waals surface area contributed by atoms with Gasteiger partial charge in [-0.25, -0.2) is 0 Å². The normalized spacial score (nSPS) is 34.2. The molecular formula is C8H16O2. The van der Waals surface area contributed by atoms with Gasteiger partial charge in [0.05, 0.1) is 12.7 Å². The van der Waals surface area contributed by atoms with Gasteiger partial charge in [0.15, 0.2) is 0 Å². The number of rotatable bonds is 2. The minimum absolute atomic E-state index is 0.443. The first-order chi connectivity index (χ1) is 4.88. The molecule has 0 radical (unpaired) electrons. The summed E-state index contributed by atoms with van der Waals surface area (Å²) in [5, 5.41) is 0. The third-order valence-electron chi connectivity index (χ3n) is 2.15. The summed E-state index contributed by atoms with van der Waals surface area (Å²) in [4.78, 5) is 0. The second-order valence-electron chi connectivity index (χ2n) is 2.77. The molecular weight excluding hydrogens is 128 g/mol. The fourth-order valence-electron chi connectivity index (χ4n) is 1.41. The predicted octanol–water partition coefficient (Wildman–Crippen LogP) is 1.80. The summed E-state index contributed by atoms with van der Waals surface area (Å²) < 4.78 is 10.6. The minimum atomic E-state index is 0.443. The quantitative estimate of drug-likeness (QED) is 0.588. The van der Waals surface area contributed by atoms with E-state index in [4.69, 9.17) is 9.47 Å². The zero-order valence-corrected chi connectivity index (χ0v) is 6.80. The molecule has 0 aromatic carbocycles. The molecule has 2 atom stereocenters. The van der Waals surface area contributed by atoms with E-state index in [9.17, 15) is 0 Å². The Morgan fingerprint density at radius 1 is 1.30 bits per heavy atom. The van der Waals surface area contributed by atoms with Crippen LogP contribution < -0.4 is 0 Å². The average molecular weight is 144 g/mol. The van der Waals surface area contributed by atoms with E-state index >= 15 is 0 Å². The van der Waals surface area contributed by atoms with Crippen molar-refractivity contribution >= 4 is 0 Å². The number of ether oxygens (including phenoxy) is 2. The Hall–Kier alpha value is -0.0800.